The topological polar surface area (TPSA) is 94.5 Å². The third kappa shape index (κ3) is 3.70. The van der Waals surface area contributed by atoms with Gasteiger partial charge < -0.3 is 20.8 Å². The van der Waals surface area contributed by atoms with E-state index in [1.807, 2.05) is 42.5 Å². The monoisotopic (exact) mass is 343 g/mol. The van der Waals surface area contributed by atoms with Crippen LogP contribution in [-0.4, -0.2) is 40.4 Å². The number of carbonyl (C=O) groups excluding carboxylic acids is 1. The maximum absolute atomic E-state index is 12.0. The van der Waals surface area contributed by atoms with E-state index in [-0.39, 0.29) is 18.1 Å². The average molecular weight is 343 g/mol. The predicted octanol–water partition coefficient (Wildman–Crippen LogP) is 2.12. The Balaban J connectivity index is 1.73. The van der Waals surface area contributed by atoms with Crippen molar-refractivity contribution < 1.29 is 15.0 Å². The van der Waals surface area contributed by atoms with Crippen molar-refractivity contribution in [2.45, 2.75) is 6.10 Å². The number of rotatable bonds is 6. The molecule has 0 bridgehead atoms. The van der Waals surface area contributed by atoms with Crippen molar-refractivity contribution in [2.75, 3.05) is 18.5 Å². The van der Waals surface area contributed by atoms with Crippen molar-refractivity contribution in [3.05, 3.63) is 53.5 Å². The zero-order valence-corrected chi connectivity index (χ0v) is 13.6. The van der Waals surface area contributed by atoms with Gasteiger partial charge in [-0.3, -0.25) is 4.79 Å². The van der Waals surface area contributed by atoms with E-state index in [4.69, 9.17) is 5.11 Å². The lowest BCUT2D eigenvalue weighted by Crippen LogP contribution is -2.34. The van der Waals surface area contributed by atoms with Crippen LogP contribution >= 0.6 is 11.3 Å². The number of nitrogens with one attached hydrogen (secondary N) is 2. The summed E-state index contributed by atoms with van der Waals surface area (Å²) in [6.45, 7) is -0.413. The number of carbonyl (C=O) groups is 1. The second-order valence-corrected chi connectivity index (χ2v) is 6.09. The highest BCUT2D eigenvalue weighted by Gasteiger charge is 2.12. The van der Waals surface area contributed by atoms with Gasteiger partial charge >= 0.3 is 0 Å². The third-order valence-corrected chi connectivity index (χ3v) is 4.23. The summed E-state index contributed by atoms with van der Waals surface area (Å²) < 4.78 is 0. The summed E-state index contributed by atoms with van der Waals surface area (Å²) in [7, 11) is 0. The number of hydrogen-bond donors (Lipinski definition) is 4. The van der Waals surface area contributed by atoms with Gasteiger partial charge in [-0.05, 0) is 11.5 Å². The molecular weight excluding hydrogens is 326 g/mol. The first-order chi connectivity index (χ1) is 11.7. The van der Waals surface area contributed by atoms with Gasteiger partial charge in [-0.25, -0.2) is 4.98 Å². The first kappa shape index (κ1) is 16.4. The summed E-state index contributed by atoms with van der Waals surface area (Å²) in [5.74, 6) is -0.385. The molecule has 6 nitrogen and oxygen atoms in total. The summed E-state index contributed by atoms with van der Waals surface area (Å²) in [6.07, 6.45) is -0.971. The second kappa shape index (κ2) is 7.39. The number of hydrogen-bond acceptors (Lipinski definition) is 6. The molecular formula is C17H17N3O3S. The highest BCUT2D eigenvalue weighted by atomic mass is 32.1. The molecule has 0 aliphatic carbocycles. The van der Waals surface area contributed by atoms with Crippen LogP contribution in [0.1, 0.15) is 10.5 Å². The van der Waals surface area contributed by atoms with E-state index >= 15 is 0 Å². The SMILES string of the molecule is O=C(NC[C@@H](O)CO)c1csc(Nc2cccc3ccccc23)n1. The predicted molar refractivity (Wildman–Crippen MR) is 94.8 cm³/mol. The van der Waals surface area contributed by atoms with Crippen LogP contribution < -0.4 is 10.6 Å². The Hall–Kier alpha value is -2.48. The van der Waals surface area contributed by atoms with E-state index in [1.165, 1.54) is 11.3 Å². The molecule has 1 amide bonds. The first-order valence-electron chi connectivity index (χ1n) is 7.45. The van der Waals surface area contributed by atoms with Crippen LogP contribution in [0.3, 0.4) is 0 Å². The molecule has 7 heteroatoms. The molecule has 0 fully saturated rings. The number of thiazole rings is 1. The molecule has 0 aliphatic heterocycles. The molecule has 3 aromatic rings. The smallest absolute Gasteiger partial charge is 0.270 e. The van der Waals surface area contributed by atoms with Crippen molar-refractivity contribution in [1.29, 1.82) is 0 Å². The van der Waals surface area contributed by atoms with Gasteiger partial charge in [0.15, 0.2) is 5.13 Å². The normalized spacial score (nSPS) is 12.1. The van der Waals surface area contributed by atoms with Crippen LogP contribution in [-0.2, 0) is 0 Å². The minimum absolute atomic E-state index is 0.0149. The number of anilines is 2. The van der Waals surface area contributed by atoms with Gasteiger partial charge in [0.1, 0.15) is 5.69 Å². The van der Waals surface area contributed by atoms with E-state index in [0.29, 0.717) is 5.13 Å². The lowest BCUT2D eigenvalue weighted by atomic mass is 10.1. The number of nitrogens with zero attached hydrogens (tertiary/aromatic N) is 1. The molecule has 2 aromatic carbocycles. The van der Waals surface area contributed by atoms with E-state index in [2.05, 4.69) is 15.6 Å². The number of aromatic nitrogens is 1. The van der Waals surface area contributed by atoms with Gasteiger partial charge in [0.25, 0.3) is 5.91 Å². The summed E-state index contributed by atoms with van der Waals surface area (Å²) >= 11 is 1.33. The van der Waals surface area contributed by atoms with Gasteiger partial charge in [-0.15, -0.1) is 11.3 Å². The van der Waals surface area contributed by atoms with Gasteiger partial charge in [-0.1, -0.05) is 36.4 Å². The van der Waals surface area contributed by atoms with E-state index in [0.717, 1.165) is 16.5 Å². The minimum Gasteiger partial charge on any atom is -0.394 e. The minimum atomic E-state index is -0.971. The Labute approximate surface area is 142 Å². The molecule has 0 radical (unpaired) electrons. The molecule has 124 valence electrons. The standard InChI is InChI=1S/C17H17N3O3S/c21-9-12(22)8-18-16(23)15-10-24-17(20-15)19-14-7-3-5-11-4-1-2-6-13(11)14/h1-7,10,12,21-22H,8-9H2,(H,18,23)(H,19,20)/t12-/m1/s1. The lowest BCUT2D eigenvalue weighted by molar-refractivity contribution is 0.0799. The zero-order chi connectivity index (χ0) is 16.9. The number of aliphatic hydroxyl groups is 2. The summed E-state index contributed by atoms with van der Waals surface area (Å²) in [5, 5.41) is 28.2. The third-order valence-electron chi connectivity index (χ3n) is 3.48. The molecule has 0 unspecified atom stereocenters. The van der Waals surface area contributed by atoms with Gasteiger partial charge in [-0.2, -0.15) is 0 Å². The molecule has 0 saturated heterocycles. The molecule has 0 saturated carbocycles. The van der Waals surface area contributed by atoms with Gasteiger partial charge in [0.05, 0.1) is 12.7 Å². The first-order valence-corrected chi connectivity index (χ1v) is 8.33. The fourth-order valence-corrected chi connectivity index (χ4v) is 2.95. The quantitative estimate of drug-likeness (QED) is 0.550. The maximum atomic E-state index is 12.0. The molecule has 3 rings (SSSR count). The van der Waals surface area contributed by atoms with E-state index in [9.17, 15) is 9.90 Å². The molecule has 1 atom stereocenters. The second-order valence-electron chi connectivity index (χ2n) is 5.24. The van der Waals surface area contributed by atoms with Gasteiger partial charge in [0, 0.05) is 23.0 Å². The van der Waals surface area contributed by atoms with Crippen LogP contribution in [0, 0.1) is 0 Å². The van der Waals surface area contributed by atoms with Crippen LogP contribution in [0.4, 0.5) is 10.8 Å². The highest BCUT2D eigenvalue weighted by molar-refractivity contribution is 7.14. The summed E-state index contributed by atoms with van der Waals surface area (Å²) in [5.41, 5.74) is 1.19. The molecule has 0 spiro atoms. The Morgan fingerprint density at radius 3 is 2.83 bits per heavy atom. The lowest BCUT2D eigenvalue weighted by Gasteiger charge is -2.08. The highest BCUT2D eigenvalue weighted by Crippen LogP contribution is 2.27. The number of amides is 1. The van der Waals surface area contributed by atoms with E-state index < -0.39 is 12.7 Å². The van der Waals surface area contributed by atoms with Crippen molar-refractivity contribution in [2.24, 2.45) is 0 Å². The Kier molecular flexibility index (Phi) is 5.05. The number of benzene rings is 2. The summed E-state index contributed by atoms with van der Waals surface area (Å²) in [6, 6.07) is 14.0. The molecule has 4 N–H and O–H groups in total. The van der Waals surface area contributed by atoms with Crippen LogP contribution in [0.2, 0.25) is 0 Å². The van der Waals surface area contributed by atoms with Crippen molar-refractivity contribution >= 4 is 38.8 Å². The largest absolute Gasteiger partial charge is 0.394 e. The Morgan fingerprint density at radius 1 is 1.21 bits per heavy atom. The number of aliphatic hydroxyl groups excluding tert-OH is 2. The van der Waals surface area contributed by atoms with Crippen LogP contribution in [0.5, 0.6) is 0 Å². The Morgan fingerprint density at radius 2 is 2.00 bits per heavy atom. The zero-order valence-electron chi connectivity index (χ0n) is 12.8. The van der Waals surface area contributed by atoms with E-state index in [1.54, 1.807) is 5.38 Å². The fraction of sp³-hybridized carbons (Fsp3) is 0.176. The maximum Gasteiger partial charge on any atom is 0.270 e. The van der Waals surface area contributed by atoms with Crippen molar-refractivity contribution in [3.63, 3.8) is 0 Å². The van der Waals surface area contributed by atoms with Crippen molar-refractivity contribution in [3.8, 4) is 0 Å². The Bertz CT molecular complexity index is 844. The van der Waals surface area contributed by atoms with Gasteiger partial charge in [0.2, 0.25) is 0 Å². The number of fused-ring (bicyclic) bond motifs is 1. The van der Waals surface area contributed by atoms with Crippen molar-refractivity contribution in [1.82, 2.24) is 10.3 Å². The van der Waals surface area contributed by atoms with Crippen LogP contribution in [0.15, 0.2) is 47.8 Å². The molecule has 24 heavy (non-hydrogen) atoms. The molecule has 0 aliphatic rings. The van der Waals surface area contributed by atoms with Crippen LogP contribution in [0.25, 0.3) is 10.8 Å². The average Bonchev–Trinajstić information content (AvgIpc) is 3.08. The summed E-state index contributed by atoms with van der Waals surface area (Å²) in [4.78, 5) is 16.2. The molecule has 1 heterocycles. The fourth-order valence-electron chi connectivity index (χ4n) is 2.25. The molecule has 1 aromatic heterocycles.